The van der Waals surface area contributed by atoms with E-state index in [0.717, 1.165) is 30.2 Å². The molecule has 0 aliphatic carbocycles. The number of aromatic nitrogens is 1. The van der Waals surface area contributed by atoms with Crippen LogP contribution < -0.4 is 0 Å². The van der Waals surface area contributed by atoms with E-state index in [1.54, 1.807) is 18.1 Å². The number of ether oxygens (including phenoxy) is 1. The zero-order chi connectivity index (χ0) is 16.9. The Morgan fingerprint density at radius 2 is 2.04 bits per heavy atom. The predicted octanol–water partition coefficient (Wildman–Crippen LogP) is 2.43. The van der Waals surface area contributed by atoms with Crippen LogP contribution in [0.2, 0.25) is 5.02 Å². The van der Waals surface area contributed by atoms with Crippen molar-refractivity contribution in [2.45, 2.75) is 13.2 Å². The van der Waals surface area contributed by atoms with Gasteiger partial charge in [0.1, 0.15) is 6.61 Å². The van der Waals surface area contributed by atoms with Crippen LogP contribution in [0.5, 0.6) is 0 Å². The standard InChI is InChI=1S/C17H20ClN3O3/c1-23-12-14-10-16(19-24-14)17(22)21-8-6-20(7-9-21)11-13-4-2-3-5-15(13)18/h2-5,10H,6-9,11-12H2,1H3. The van der Waals surface area contributed by atoms with Crippen LogP contribution in [0.15, 0.2) is 34.9 Å². The van der Waals surface area contributed by atoms with Crippen LogP contribution in [-0.2, 0) is 17.9 Å². The highest BCUT2D eigenvalue weighted by Crippen LogP contribution is 2.18. The van der Waals surface area contributed by atoms with Crippen molar-refractivity contribution in [2.75, 3.05) is 33.3 Å². The lowest BCUT2D eigenvalue weighted by molar-refractivity contribution is 0.0618. The number of halogens is 1. The lowest BCUT2D eigenvalue weighted by Gasteiger charge is -2.34. The molecule has 1 aromatic carbocycles. The van der Waals surface area contributed by atoms with Crippen molar-refractivity contribution in [3.8, 4) is 0 Å². The van der Waals surface area contributed by atoms with Crippen LogP contribution in [0.3, 0.4) is 0 Å². The van der Waals surface area contributed by atoms with Gasteiger partial charge in [-0.05, 0) is 11.6 Å². The molecule has 6 nitrogen and oxygen atoms in total. The summed E-state index contributed by atoms with van der Waals surface area (Å²) in [4.78, 5) is 16.6. The topological polar surface area (TPSA) is 58.8 Å². The molecule has 3 rings (SSSR count). The van der Waals surface area contributed by atoms with E-state index in [9.17, 15) is 4.79 Å². The van der Waals surface area contributed by atoms with Gasteiger partial charge < -0.3 is 14.2 Å². The Kier molecular flexibility index (Phi) is 5.50. The first-order valence-corrected chi connectivity index (χ1v) is 8.24. The number of hydrogen-bond acceptors (Lipinski definition) is 5. The van der Waals surface area contributed by atoms with Gasteiger partial charge in [-0.1, -0.05) is 35.0 Å². The highest BCUT2D eigenvalue weighted by molar-refractivity contribution is 6.31. The monoisotopic (exact) mass is 349 g/mol. The normalized spacial score (nSPS) is 15.7. The Bertz CT molecular complexity index is 696. The molecule has 0 saturated carbocycles. The number of hydrogen-bond donors (Lipinski definition) is 0. The van der Waals surface area contributed by atoms with E-state index in [1.165, 1.54) is 0 Å². The fourth-order valence-electron chi connectivity index (χ4n) is 2.76. The quantitative estimate of drug-likeness (QED) is 0.829. The molecule has 2 heterocycles. The largest absolute Gasteiger partial charge is 0.377 e. The molecule has 7 heteroatoms. The van der Waals surface area contributed by atoms with Crippen molar-refractivity contribution >= 4 is 17.5 Å². The van der Waals surface area contributed by atoms with Crippen LogP contribution in [-0.4, -0.2) is 54.2 Å². The van der Waals surface area contributed by atoms with Gasteiger partial charge in [-0.25, -0.2) is 0 Å². The van der Waals surface area contributed by atoms with E-state index in [0.29, 0.717) is 31.2 Å². The second-order valence-electron chi connectivity index (χ2n) is 5.77. The molecule has 24 heavy (non-hydrogen) atoms. The maximum atomic E-state index is 12.5. The van der Waals surface area contributed by atoms with Gasteiger partial charge in [0.05, 0.1) is 0 Å². The third kappa shape index (κ3) is 3.95. The van der Waals surface area contributed by atoms with E-state index in [1.807, 2.05) is 24.3 Å². The Hall–Kier alpha value is -1.89. The van der Waals surface area contributed by atoms with Gasteiger partial charge in [0, 0.05) is 50.9 Å². The van der Waals surface area contributed by atoms with Crippen LogP contribution in [0.25, 0.3) is 0 Å². The smallest absolute Gasteiger partial charge is 0.276 e. The maximum Gasteiger partial charge on any atom is 0.276 e. The number of rotatable bonds is 5. The first kappa shape index (κ1) is 17.0. The summed E-state index contributed by atoms with van der Waals surface area (Å²) < 4.78 is 10.1. The third-order valence-corrected chi connectivity index (χ3v) is 4.44. The lowest BCUT2D eigenvalue weighted by atomic mass is 10.2. The molecule has 0 N–H and O–H groups in total. The minimum absolute atomic E-state index is 0.0986. The lowest BCUT2D eigenvalue weighted by Crippen LogP contribution is -2.48. The summed E-state index contributed by atoms with van der Waals surface area (Å²) in [5, 5.41) is 4.61. The number of piperazine rings is 1. The molecule has 0 unspecified atom stereocenters. The molecular weight excluding hydrogens is 330 g/mol. The summed E-state index contributed by atoms with van der Waals surface area (Å²) in [6.07, 6.45) is 0. The van der Waals surface area contributed by atoms with Crippen LogP contribution in [0, 0.1) is 0 Å². The van der Waals surface area contributed by atoms with E-state index >= 15 is 0 Å². The van der Waals surface area contributed by atoms with E-state index in [-0.39, 0.29) is 5.91 Å². The number of nitrogens with zero attached hydrogens (tertiary/aromatic N) is 3. The SMILES string of the molecule is COCc1cc(C(=O)N2CCN(Cc3ccccc3Cl)CC2)no1. The predicted molar refractivity (Wildman–Crippen MR) is 89.8 cm³/mol. The Morgan fingerprint density at radius 3 is 2.75 bits per heavy atom. The second kappa shape index (κ2) is 7.79. The molecule has 0 atom stereocenters. The average molecular weight is 350 g/mol. The van der Waals surface area contributed by atoms with Gasteiger partial charge in [0.25, 0.3) is 5.91 Å². The van der Waals surface area contributed by atoms with Gasteiger partial charge in [-0.2, -0.15) is 0 Å². The highest BCUT2D eigenvalue weighted by Gasteiger charge is 2.24. The van der Waals surface area contributed by atoms with Crippen molar-refractivity contribution < 1.29 is 14.1 Å². The summed E-state index contributed by atoms with van der Waals surface area (Å²) in [5.74, 6) is 0.455. The number of carbonyl (C=O) groups is 1. The van der Waals surface area contributed by atoms with Gasteiger partial charge >= 0.3 is 0 Å². The third-order valence-electron chi connectivity index (χ3n) is 4.08. The molecule has 1 aliphatic heterocycles. The van der Waals surface area contributed by atoms with Crippen molar-refractivity contribution in [3.63, 3.8) is 0 Å². The second-order valence-corrected chi connectivity index (χ2v) is 6.18. The zero-order valence-corrected chi connectivity index (χ0v) is 14.3. The fraction of sp³-hybridized carbons (Fsp3) is 0.412. The van der Waals surface area contributed by atoms with Gasteiger partial charge in [0.2, 0.25) is 0 Å². The van der Waals surface area contributed by atoms with Gasteiger partial charge in [-0.15, -0.1) is 0 Å². The molecule has 128 valence electrons. The highest BCUT2D eigenvalue weighted by atomic mass is 35.5. The zero-order valence-electron chi connectivity index (χ0n) is 13.6. The van der Waals surface area contributed by atoms with Crippen LogP contribution >= 0.6 is 11.6 Å². The van der Waals surface area contributed by atoms with E-state index in [2.05, 4.69) is 10.1 Å². The van der Waals surface area contributed by atoms with Gasteiger partial charge in [-0.3, -0.25) is 9.69 Å². The Morgan fingerprint density at radius 1 is 1.29 bits per heavy atom. The Labute approximate surface area is 145 Å². The maximum absolute atomic E-state index is 12.5. The molecule has 1 fully saturated rings. The fourth-order valence-corrected chi connectivity index (χ4v) is 2.96. The van der Waals surface area contributed by atoms with Crippen molar-refractivity contribution in [1.29, 1.82) is 0 Å². The molecule has 1 aliphatic rings. The first-order valence-electron chi connectivity index (χ1n) is 7.87. The number of carbonyl (C=O) groups excluding carboxylic acids is 1. The number of amides is 1. The Balaban J connectivity index is 1.54. The summed E-state index contributed by atoms with van der Waals surface area (Å²) in [6.45, 7) is 4.04. The molecule has 0 radical (unpaired) electrons. The summed E-state index contributed by atoms with van der Waals surface area (Å²) >= 11 is 6.21. The summed E-state index contributed by atoms with van der Waals surface area (Å²) in [6, 6.07) is 9.49. The molecule has 0 spiro atoms. The average Bonchev–Trinajstić information content (AvgIpc) is 3.06. The molecule has 1 amide bonds. The summed E-state index contributed by atoms with van der Waals surface area (Å²) in [7, 11) is 1.57. The molecule has 0 bridgehead atoms. The van der Waals surface area contributed by atoms with Crippen molar-refractivity contribution in [3.05, 3.63) is 52.4 Å². The van der Waals surface area contributed by atoms with E-state index < -0.39 is 0 Å². The van der Waals surface area contributed by atoms with Crippen LogP contribution in [0.4, 0.5) is 0 Å². The molecule has 1 aromatic heterocycles. The van der Waals surface area contributed by atoms with E-state index in [4.69, 9.17) is 20.9 Å². The number of benzene rings is 1. The minimum Gasteiger partial charge on any atom is -0.377 e. The first-order chi connectivity index (χ1) is 11.7. The molecular formula is C17H20ClN3O3. The van der Waals surface area contributed by atoms with Gasteiger partial charge in [0.15, 0.2) is 11.5 Å². The van der Waals surface area contributed by atoms with Crippen LogP contribution in [0.1, 0.15) is 21.8 Å². The molecule has 2 aromatic rings. The minimum atomic E-state index is -0.0986. The summed E-state index contributed by atoms with van der Waals surface area (Å²) in [5.41, 5.74) is 1.45. The number of methoxy groups -OCH3 is 1. The molecule has 1 saturated heterocycles. The van der Waals surface area contributed by atoms with Crippen molar-refractivity contribution in [2.24, 2.45) is 0 Å². The van der Waals surface area contributed by atoms with Crippen molar-refractivity contribution in [1.82, 2.24) is 15.0 Å².